The van der Waals surface area contributed by atoms with Crippen LogP contribution in [0.3, 0.4) is 0 Å². The van der Waals surface area contributed by atoms with Crippen molar-refractivity contribution < 1.29 is 4.39 Å². The molecule has 0 spiro atoms. The fourth-order valence-electron chi connectivity index (χ4n) is 1.39. The van der Waals surface area contributed by atoms with E-state index in [1.165, 1.54) is 6.07 Å². The van der Waals surface area contributed by atoms with Crippen LogP contribution in [0.1, 0.15) is 5.56 Å². The van der Waals surface area contributed by atoms with Gasteiger partial charge in [-0.15, -0.1) is 0 Å². The molecule has 2 aromatic rings. The van der Waals surface area contributed by atoms with Gasteiger partial charge in [0.05, 0.1) is 5.69 Å². The SMILES string of the molecule is Nc1cccnc1NCc1ccccc1F. The van der Waals surface area contributed by atoms with Crippen molar-refractivity contribution in [1.82, 2.24) is 4.98 Å². The van der Waals surface area contributed by atoms with Gasteiger partial charge in [0.15, 0.2) is 0 Å². The molecule has 0 amide bonds. The number of anilines is 2. The number of hydrogen-bond acceptors (Lipinski definition) is 3. The highest BCUT2D eigenvalue weighted by Crippen LogP contribution is 2.15. The standard InChI is InChI=1S/C12H12FN3/c13-10-5-2-1-4-9(10)8-16-12-11(14)6-3-7-15-12/h1-7H,8,14H2,(H,15,16). The highest BCUT2D eigenvalue weighted by molar-refractivity contribution is 5.60. The molecule has 0 aliphatic heterocycles. The highest BCUT2D eigenvalue weighted by atomic mass is 19.1. The first kappa shape index (κ1) is 10.4. The Morgan fingerprint density at radius 3 is 2.75 bits per heavy atom. The Morgan fingerprint density at radius 1 is 1.19 bits per heavy atom. The largest absolute Gasteiger partial charge is 0.396 e. The van der Waals surface area contributed by atoms with Crippen molar-refractivity contribution in [3.05, 3.63) is 54.0 Å². The van der Waals surface area contributed by atoms with Gasteiger partial charge >= 0.3 is 0 Å². The topological polar surface area (TPSA) is 50.9 Å². The fraction of sp³-hybridized carbons (Fsp3) is 0.0833. The Labute approximate surface area is 93.1 Å². The van der Waals surface area contributed by atoms with Gasteiger partial charge in [0.25, 0.3) is 0 Å². The minimum atomic E-state index is -0.232. The lowest BCUT2D eigenvalue weighted by Gasteiger charge is -2.08. The Balaban J connectivity index is 2.09. The summed E-state index contributed by atoms with van der Waals surface area (Å²) in [5, 5.41) is 2.99. The van der Waals surface area contributed by atoms with Gasteiger partial charge in [-0.05, 0) is 18.2 Å². The maximum Gasteiger partial charge on any atom is 0.149 e. The predicted octanol–water partition coefficient (Wildman–Crippen LogP) is 2.42. The van der Waals surface area contributed by atoms with Crippen LogP contribution in [0.15, 0.2) is 42.6 Å². The van der Waals surface area contributed by atoms with Crippen LogP contribution >= 0.6 is 0 Å². The molecule has 16 heavy (non-hydrogen) atoms. The Bertz CT molecular complexity index is 440. The van der Waals surface area contributed by atoms with Crippen LogP contribution in [0.5, 0.6) is 0 Å². The first-order valence-electron chi connectivity index (χ1n) is 4.95. The van der Waals surface area contributed by atoms with E-state index in [0.29, 0.717) is 23.6 Å². The van der Waals surface area contributed by atoms with E-state index in [0.717, 1.165) is 0 Å². The third-order valence-corrected chi connectivity index (χ3v) is 2.24. The van der Waals surface area contributed by atoms with Gasteiger partial charge in [-0.1, -0.05) is 18.2 Å². The predicted molar refractivity (Wildman–Crippen MR) is 62.4 cm³/mol. The van der Waals surface area contributed by atoms with Crippen molar-refractivity contribution in [3.63, 3.8) is 0 Å². The summed E-state index contributed by atoms with van der Waals surface area (Å²) in [4.78, 5) is 4.06. The number of rotatable bonds is 3. The quantitative estimate of drug-likeness (QED) is 0.830. The Hall–Kier alpha value is -2.10. The van der Waals surface area contributed by atoms with Gasteiger partial charge in [0, 0.05) is 18.3 Å². The van der Waals surface area contributed by atoms with Crippen molar-refractivity contribution in [2.24, 2.45) is 0 Å². The number of pyridine rings is 1. The summed E-state index contributed by atoms with van der Waals surface area (Å²) in [5.74, 6) is 0.343. The zero-order chi connectivity index (χ0) is 11.4. The zero-order valence-electron chi connectivity index (χ0n) is 8.65. The van der Waals surface area contributed by atoms with E-state index >= 15 is 0 Å². The molecule has 82 valence electrons. The number of benzene rings is 1. The molecular formula is C12H12FN3. The van der Waals surface area contributed by atoms with Crippen molar-refractivity contribution in [2.75, 3.05) is 11.1 Å². The normalized spacial score (nSPS) is 10.1. The molecule has 1 aromatic carbocycles. The van der Waals surface area contributed by atoms with E-state index < -0.39 is 0 Å². The zero-order valence-corrected chi connectivity index (χ0v) is 8.65. The van der Waals surface area contributed by atoms with Crippen molar-refractivity contribution in [1.29, 1.82) is 0 Å². The van der Waals surface area contributed by atoms with Crippen LogP contribution in [0, 0.1) is 5.82 Å². The van der Waals surface area contributed by atoms with Gasteiger partial charge in [0.1, 0.15) is 11.6 Å². The monoisotopic (exact) mass is 217 g/mol. The molecule has 3 nitrogen and oxygen atoms in total. The minimum Gasteiger partial charge on any atom is -0.396 e. The van der Waals surface area contributed by atoms with Gasteiger partial charge < -0.3 is 11.1 Å². The molecule has 2 rings (SSSR count). The third kappa shape index (κ3) is 2.28. The van der Waals surface area contributed by atoms with E-state index in [-0.39, 0.29) is 5.82 Å². The van der Waals surface area contributed by atoms with E-state index in [1.54, 1.807) is 36.5 Å². The summed E-state index contributed by atoms with van der Waals surface area (Å²) >= 11 is 0. The second-order valence-corrected chi connectivity index (χ2v) is 3.39. The van der Waals surface area contributed by atoms with Crippen LogP contribution in [-0.2, 0) is 6.54 Å². The van der Waals surface area contributed by atoms with Crippen LogP contribution in [-0.4, -0.2) is 4.98 Å². The van der Waals surface area contributed by atoms with Crippen LogP contribution in [0.2, 0.25) is 0 Å². The van der Waals surface area contributed by atoms with E-state index in [9.17, 15) is 4.39 Å². The van der Waals surface area contributed by atoms with Crippen molar-refractivity contribution >= 4 is 11.5 Å². The molecule has 0 radical (unpaired) electrons. The number of nitrogen functional groups attached to an aromatic ring is 1. The molecule has 0 aliphatic carbocycles. The summed E-state index contributed by atoms with van der Waals surface area (Å²) in [6, 6.07) is 10.1. The Morgan fingerprint density at radius 2 is 2.00 bits per heavy atom. The lowest BCUT2D eigenvalue weighted by atomic mass is 10.2. The molecule has 0 bridgehead atoms. The van der Waals surface area contributed by atoms with Crippen molar-refractivity contribution in [3.8, 4) is 0 Å². The molecule has 3 N–H and O–H groups in total. The van der Waals surface area contributed by atoms with E-state index in [4.69, 9.17) is 5.73 Å². The maximum atomic E-state index is 13.3. The van der Waals surface area contributed by atoms with Crippen LogP contribution in [0.25, 0.3) is 0 Å². The number of hydrogen-bond donors (Lipinski definition) is 2. The van der Waals surface area contributed by atoms with Gasteiger partial charge in [-0.2, -0.15) is 0 Å². The fourth-order valence-corrected chi connectivity index (χ4v) is 1.39. The second-order valence-electron chi connectivity index (χ2n) is 3.39. The molecule has 0 saturated carbocycles. The summed E-state index contributed by atoms with van der Waals surface area (Å²) < 4.78 is 13.3. The number of aromatic nitrogens is 1. The summed E-state index contributed by atoms with van der Waals surface area (Å²) in [5.41, 5.74) is 6.85. The lowest BCUT2D eigenvalue weighted by molar-refractivity contribution is 0.613. The molecular weight excluding hydrogens is 205 g/mol. The Kier molecular flexibility index (Phi) is 3.00. The van der Waals surface area contributed by atoms with Gasteiger partial charge in [0.2, 0.25) is 0 Å². The summed E-state index contributed by atoms with van der Waals surface area (Å²) in [6.45, 7) is 0.369. The number of halogens is 1. The van der Waals surface area contributed by atoms with Crippen LogP contribution in [0.4, 0.5) is 15.9 Å². The van der Waals surface area contributed by atoms with Crippen molar-refractivity contribution in [2.45, 2.75) is 6.54 Å². The minimum absolute atomic E-state index is 0.232. The number of nitrogens with zero attached hydrogens (tertiary/aromatic N) is 1. The maximum absolute atomic E-state index is 13.3. The first-order valence-corrected chi connectivity index (χ1v) is 4.95. The second kappa shape index (κ2) is 4.61. The molecule has 0 aliphatic rings. The highest BCUT2D eigenvalue weighted by Gasteiger charge is 2.02. The average molecular weight is 217 g/mol. The third-order valence-electron chi connectivity index (χ3n) is 2.24. The lowest BCUT2D eigenvalue weighted by Crippen LogP contribution is -2.05. The van der Waals surface area contributed by atoms with E-state index in [2.05, 4.69) is 10.3 Å². The molecule has 1 heterocycles. The summed E-state index contributed by atoms with van der Waals surface area (Å²) in [6.07, 6.45) is 1.64. The van der Waals surface area contributed by atoms with Gasteiger partial charge in [-0.25, -0.2) is 9.37 Å². The molecule has 1 aromatic heterocycles. The molecule has 0 fully saturated rings. The molecule has 0 unspecified atom stereocenters. The number of nitrogens with two attached hydrogens (primary N) is 1. The van der Waals surface area contributed by atoms with E-state index in [1.807, 2.05) is 0 Å². The average Bonchev–Trinajstić information content (AvgIpc) is 2.30. The molecule has 0 saturated heterocycles. The van der Waals surface area contributed by atoms with Crippen LogP contribution < -0.4 is 11.1 Å². The summed E-state index contributed by atoms with van der Waals surface area (Å²) in [7, 11) is 0. The first-order chi connectivity index (χ1) is 7.77. The molecule has 4 heteroatoms. The molecule has 0 atom stereocenters. The van der Waals surface area contributed by atoms with Gasteiger partial charge in [-0.3, -0.25) is 0 Å². The number of nitrogens with one attached hydrogen (secondary N) is 1. The smallest absolute Gasteiger partial charge is 0.149 e.